The van der Waals surface area contributed by atoms with Crippen molar-refractivity contribution in [2.24, 2.45) is 23.7 Å². The van der Waals surface area contributed by atoms with Crippen molar-refractivity contribution in [3.63, 3.8) is 0 Å². The number of methoxy groups -OCH3 is 2. The fourth-order valence-corrected chi connectivity index (χ4v) is 8.58. The Balaban J connectivity index is 2.22. The van der Waals surface area contributed by atoms with Crippen molar-refractivity contribution in [3.05, 3.63) is 0 Å². The number of esters is 1. The van der Waals surface area contributed by atoms with Crippen LogP contribution < -0.4 is 0 Å². The van der Waals surface area contributed by atoms with Crippen LogP contribution >= 0.6 is 0 Å². The third-order valence-corrected chi connectivity index (χ3v) is 12.3. The van der Waals surface area contributed by atoms with E-state index >= 15 is 0 Å². The summed E-state index contributed by atoms with van der Waals surface area (Å²) >= 11 is 0. The van der Waals surface area contributed by atoms with E-state index in [2.05, 4.69) is 0 Å². The largest absolute Gasteiger partial charge is 0.459 e. The average Bonchev–Trinajstić information content (AvgIpc) is 3.09. The summed E-state index contributed by atoms with van der Waals surface area (Å²) in [5.41, 5.74) is -4.24. The highest BCUT2D eigenvalue weighted by Crippen LogP contribution is 2.41. The molecule has 52 heavy (non-hydrogen) atoms. The van der Waals surface area contributed by atoms with E-state index in [-0.39, 0.29) is 37.2 Å². The van der Waals surface area contributed by atoms with Crippen LogP contribution in [0, 0.1) is 23.7 Å². The highest BCUT2D eigenvalue weighted by Gasteiger charge is 2.54. The zero-order valence-corrected chi connectivity index (χ0v) is 33.9. The third kappa shape index (κ3) is 9.38. The number of carbonyl (C=O) groups excluding carboxylic acids is 2. The van der Waals surface area contributed by atoms with E-state index in [1.54, 1.807) is 48.5 Å². The number of carbonyl (C=O) groups is 2. The molecule has 3 aliphatic rings. The molecule has 18 atom stereocenters. The lowest BCUT2D eigenvalue weighted by molar-refractivity contribution is -0.319. The van der Waals surface area contributed by atoms with Gasteiger partial charge in [0.2, 0.25) is 0 Å². The Hall–Kier alpha value is -1.30. The molecule has 3 aliphatic heterocycles. The summed E-state index contributed by atoms with van der Waals surface area (Å²) in [5.74, 6) is -4.47. The van der Waals surface area contributed by atoms with Crippen LogP contribution in [0.4, 0.5) is 0 Å². The van der Waals surface area contributed by atoms with Gasteiger partial charge >= 0.3 is 5.97 Å². The van der Waals surface area contributed by atoms with Crippen molar-refractivity contribution in [3.8, 4) is 0 Å². The number of cyclic esters (lactones) is 1. The number of rotatable bonds is 8. The molecular weight excluding hydrogens is 678 g/mol. The first-order chi connectivity index (χ1) is 24.0. The molecule has 14 heteroatoms. The van der Waals surface area contributed by atoms with Crippen molar-refractivity contribution in [2.45, 2.75) is 179 Å². The summed E-state index contributed by atoms with van der Waals surface area (Å²) in [6.45, 7) is 17.1. The minimum atomic E-state index is -1.96. The Labute approximate surface area is 310 Å². The molecule has 14 nitrogen and oxygen atoms in total. The van der Waals surface area contributed by atoms with Crippen molar-refractivity contribution in [1.82, 2.24) is 4.90 Å². The van der Waals surface area contributed by atoms with E-state index in [1.165, 1.54) is 21.1 Å². The van der Waals surface area contributed by atoms with Gasteiger partial charge in [-0.3, -0.25) is 9.59 Å². The number of hydrogen-bond donors (Lipinski definition) is 4. The van der Waals surface area contributed by atoms with Crippen molar-refractivity contribution >= 4 is 11.8 Å². The van der Waals surface area contributed by atoms with E-state index in [1.807, 2.05) is 32.8 Å². The molecule has 0 aromatic rings. The van der Waals surface area contributed by atoms with Crippen LogP contribution in [0.2, 0.25) is 0 Å². The number of aliphatic hydroxyl groups excluding tert-OH is 3. The lowest BCUT2D eigenvalue weighted by atomic mass is 9.74. The second kappa shape index (κ2) is 17.7. The molecule has 7 unspecified atom stereocenters. The Kier molecular flexibility index (Phi) is 15.3. The van der Waals surface area contributed by atoms with Gasteiger partial charge in [0.25, 0.3) is 0 Å². The van der Waals surface area contributed by atoms with Gasteiger partial charge in [0.15, 0.2) is 12.6 Å². The molecule has 3 rings (SSSR count). The second-order valence-electron chi connectivity index (χ2n) is 16.6. The van der Waals surface area contributed by atoms with Gasteiger partial charge in [-0.05, 0) is 74.9 Å². The van der Waals surface area contributed by atoms with Crippen molar-refractivity contribution < 1.29 is 63.2 Å². The molecule has 3 saturated heterocycles. The van der Waals surface area contributed by atoms with Gasteiger partial charge in [0.1, 0.15) is 29.7 Å². The fourth-order valence-electron chi connectivity index (χ4n) is 8.58. The number of aliphatic hydroxyl groups is 4. The van der Waals surface area contributed by atoms with Crippen LogP contribution in [0.3, 0.4) is 0 Å². The van der Waals surface area contributed by atoms with Gasteiger partial charge in [0.05, 0.1) is 47.6 Å². The average molecular weight is 748 g/mol. The van der Waals surface area contributed by atoms with Crippen LogP contribution in [0.5, 0.6) is 0 Å². The molecule has 0 aromatic carbocycles. The van der Waals surface area contributed by atoms with E-state index in [0.717, 1.165) is 0 Å². The molecule has 304 valence electrons. The molecule has 0 saturated carbocycles. The maximum atomic E-state index is 14.2. The van der Waals surface area contributed by atoms with Crippen LogP contribution in [0.25, 0.3) is 0 Å². The van der Waals surface area contributed by atoms with Crippen molar-refractivity contribution in [1.29, 1.82) is 0 Å². The van der Waals surface area contributed by atoms with Gasteiger partial charge in [-0.15, -0.1) is 0 Å². The predicted octanol–water partition coefficient (Wildman–Crippen LogP) is 2.44. The maximum Gasteiger partial charge on any atom is 0.311 e. The number of ketones is 1. The van der Waals surface area contributed by atoms with Crippen LogP contribution in [0.1, 0.15) is 94.9 Å². The smallest absolute Gasteiger partial charge is 0.311 e. The standard InChI is InChI=1S/C38H69NO13/c1-15-26-38(10,45)31(42)21(4)28(40)19(2)17-37(9,47-14)33(52-35-29(41)25(39(11)12)16-20(3)48-35)22(5)30(23(6)34(44)50-26)51-27-18-36(8,46-13)32(43)24(7)49-27/h19-27,29-33,35,41-43,45H,15-18H2,1-14H3/t19-,20?,21+,22+,23-,24?,25?,26?,27+,29?,30+,31?,32+,33-,35+,36?,37-,38-/m1/s1. The summed E-state index contributed by atoms with van der Waals surface area (Å²) in [6.07, 6.45) is -8.73. The first-order valence-corrected chi connectivity index (χ1v) is 18.9. The Morgan fingerprint density at radius 1 is 0.846 bits per heavy atom. The summed E-state index contributed by atoms with van der Waals surface area (Å²) in [4.78, 5) is 30.1. The van der Waals surface area contributed by atoms with Gasteiger partial charge in [-0.2, -0.15) is 0 Å². The van der Waals surface area contributed by atoms with Crippen LogP contribution in [-0.4, -0.2) is 150 Å². The fraction of sp³-hybridized carbons (Fsp3) is 0.947. The maximum absolute atomic E-state index is 14.2. The SMILES string of the molecule is CCC1OC(=O)[C@H](C)[C@@H](O[C@H]2CC(C)(OC)[C@@H](O)C(C)O2)[C@H](C)[C@@H](O[C@@H]2OC(C)CC(N(C)C)C2O)[C@](C)(OC)C[C@@H](C)C(=O)[C@H](C)C(O)[C@]1(C)O. The highest BCUT2D eigenvalue weighted by molar-refractivity contribution is 5.83. The molecule has 0 aliphatic carbocycles. The quantitative estimate of drug-likeness (QED) is 0.266. The summed E-state index contributed by atoms with van der Waals surface area (Å²) in [6, 6.07) is -0.283. The topological polar surface area (TPSA) is 183 Å². The van der Waals surface area contributed by atoms with Gasteiger partial charge in [-0.1, -0.05) is 27.7 Å². The first-order valence-electron chi connectivity index (χ1n) is 18.9. The van der Waals surface area contributed by atoms with E-state index in [9.17, 15) is 30.0 Å². The number of hydrogen-bond acceptors (Lipinski definition) is 14. The number of likely N-dealkylation sites (N-methyl/N-ethyl adjacent to an activating group) is 1. The molecule has 0 bridgehead atoms. The molecule has 0 amide bonds. The van der Waals surface area contributed by atoms with Crippen LogP contribution in [-0.2, 0) is 42.7 Å². The lowest BCUT2D eigenvalue weighted by Crippen LogP contribution is -2.61. The monoisotopic (exact) mass is 747 g/mol. The molecule has 0 aromatic heterocycles. The minimum absolute atomic E-state index is 0.111. The number of ether oxygens (including phenoxy) is 7. The molecule has 3 fully saturated rings. The van der Waals surface area contributed by atoms with Gasteiger partial charge < -0.3 is 58.5 Å². The van der Waals surface area contributed by atoms with Crippen molar-refractivity contribution in [2.75, 3.05) is 28.3 Å². The van der Waals surface area contributed by atoms with Gasteiger partial charge in [-0.25, -0.2) is 0 Å². The Bertz CT molecular complexity index is 1190. The summed E-state index contributed by atoms with van der Waals surface area (Å²) < 4.78 is 43.9. The zero-order valence-electron chi connectivity index (χ0n) is 33.9. The molecule has 0 radical (unpaired) electrons. The van der Waals surface area contributed by atoms with Gasteiger partial charge in [0, 0.05) is 44.4 Å². The van der Waals surface area contributed by atoms with E-state index < -0.39 is 102 Å². The molecule has 0 spiro atoms. The molecule has 4 N–H and O–H groups in total. The number of Topliss-reactive ketones (excluding diaryl/α,β-unsaturated/α-hetero) is 1. The van der Waals surface area contributed by atoms with E-state index in [4.69, 9.17) is 33.2 Å². The van der Waals surface area contributed by atoms with Crippen LogP contribution in [0.15, 0.2) is 0 Å². The summed E-state index contributed by atoms with van der Waals surface area (Å²) in [5, 5.41) is 45.6. The Morgan fingerprint density at radius 3 is 1.98 bits per heavy atom. The lowest BCUT2D eigenvalue weighted by Gasteiger charge is -2.50. The minimum Gasteiger partial charge on any atom is -0.459 e. The molecular formula is C38H69NO13. The zero-order chi connectivity index (χ0) is 39.7. The Morgan fingerprint density at radius 2 is 1.44 bits per heavy atom. The number of nitrogens with zero attached hydrogens (tertiary/aromatic N) is 1. The second-order valence-corrected chi connectivity index (χ2v) is 16.6. The normalized spacial score (nSPS) is 49.0. The van der Waals surface area contributed by atoms with E-state index in [0.29, 0.717) is 6.42 Å². The molecule has 3 heterocycles. The third-order valence-electron chi connectivity index (χ3n) is 12.3. The highest BCUT2D eigenvalue weighted by atomic mass is 16.7. The summed E-state index contributed by atoms with van der Waals surface area (Å²) in [7, 11) is 6.77. The predicted molar refractivity (Wildman–Crippen MR) is 191 cm³/mol. The first kappa shape index (κ1) is 45.1.